The molecule has 2 unspecified atom stereocenters. The first-order valence-electron chi connectivity index (χ1n) is 34.7. The minimum absolute atomic E-state index is 0.102. The first-order chi connectivity index (χ1) is 41.1. The van der Waals surface area contributed by atoms with E-state index in [4.69, 9.17) is 37.0 Å². The maximum Gasteiger partial charge on any atom is 0.472 e. The molecule has 0 aliphatic heterocycles. The average Bonchev–Trinajstić information content (AvgIpc) is 3.66. The number of aliphatic hydroxyl groups is 1. The summed E-state index contributed by atoms with van der Waals surface area (Å²) in [5.41, 5.74) is 0. The molecule has 0 radical (unpaired) electrons. The summed E-state index contributed by atoms with van der Waals surface area (Å²) < 4.78 is 68.0. The number of hydrogen-bond donors (Lipinski definition) is 3. The van der Waals surface area contributed by atoms with Crippen molar-refractivity contribution in [3.63, 3.8) is 0 Å². The van der Waals surface area contributed by atoms with E-state index in [1.165, 1.54) is 116 Å². The Bertz CT molecular complexity index is 1710. The molecule has 0 aromatic rings. The van der Waals surface area contributed by atoms with Crippen molar-refractivity contribution in [1.29, 1.82) is 0 Å². The molecular weight excluding hydrogens is 1140 g/mol. The number of ether oxygens (including phenoxy) is 4. The fourth-order valence-electron chi connectivity index (χ4n) is 9.96. The van der Waals surface area contributed by atoms with Gasteiger partial charge in [-0.25, -0.2) is 9.13 Å². The molecule has 0 saturated heterocycles. The molecule has 0 aromatic carbocycles. The lowest BCUT2D eigenvalue weighted by molar-refractivity contribution is -0.161. The SMILES string of the molecule is CC(C)CCCCCCCCCCCCCCCCCC(=O)O[C@H](COC(=O)CCCCCCCCC(C)C)COP(=O)(O)OC[C@@H](O)COP(=O)(O)OC[C@@H](COC(=O)CCCCCCCCC(C)C)OC(=O)CCCCCCCCCC(C)C. The highest BCUT2D eigenvalue weighted by atomic mass is 31.2. The predicted molar refractivity (Wildman–Crippen MR) is 344 cm³/mol. The third-order valence-electron chi connectivity index (χ3n) is 15.3. The lowest BCUT2D eigenvalue weighted by Gasteiger charge is -2.21. The number of carbonyl (C=O) groups excluding carboxylic acids is 4. The Kier molecular flexibility index (Phi) is 55.7. The molecule has 0 saturated carbocycles. The molecule has 5 atom stereocenters. The molecule has 19 heteroatoms. The van der Waals surface area contributed by atoms with E-state index in [0.29, 0.717) is 43.4 Å². The van der Waals surface area contributed by atoms with E-state index < -0.39 is 97.5 Å². The summed E-state index contributed by atoms with van der Waals surface area (Å²) in [4.78, 5) is 72.2. The van der Waals surface area contributed by atoms with Gasteiger partial charge >= 0.3 is 39.5 Å². The topological polar surface area (TPSA) is 237 Å². The standard InChI is InChI=1S/C67H130O17P2/c1-57(2)43-35-27-19-16-14-12-10-9-11-13-15-17-21-33-41-49-66(71)83-62(53-77-64(69)47-39-31-25-23-29-37-45-59(5)6)55-81-85(73,74)79-51-61(68)52-80-86(75,76)82-56-63(54-78-65(70)48-40-32-26-24-30-38-46-60(7)8)84-67(72)50-42-34-22-18-20-28-36-44-58(3)4/h57-63,68H,9-56H2,1-8H3,(H,73,74)(H,75,76)/t61-,62-,63-/m1/s1. The van der Waals surface area contributed by atoms with Crippen LogP contribution in [0.5, 0.6) is 0 Å². The number of rotatable bonds is 64. The first-order valence-corrected chi connectivity index (χ1v) is 37.7. The van der Waals surface area contributed by atoms with E-state index in [9.17, 15) is 43.2 Å². The zero-order valence-electron chi connectivity index (χ0n) is 55.9. The van der Waals surface area contributed by atoms with Crippen LogP contribution in [-0.4, -0.2) is 96.7 Å². The number of carbonyl (C=O) groups is 4. The quantitative estimate of drug-likeness (QED) is 0.0222. The van der Waals surface area contributed by atoms with Crippen LogP contribution in [0, 0.1) is 23.7 Å². The molecule has 510 valence electrons. The lowest BCUT2D eigenvalue weighted by Crippen LogP contribution is -2.30. The Hall–Kier alpha value is -1.94. The van der Waals surface area contributed by atoms with Gasteiger partial charge in [-0.1, -0.05) is 274 Å². The Morgan fingerprint density at radius 1 is 0.291 bits per heavy atom. The molecule has 3 N–H and O–H groups in total. The van der Waals surface area contributed by atoms with E-state index >= 15 is 0 Å². The highest BCUT2D eigenvalue weighted by Gasteiger charge is 2.30. The number of esters is 4. The van der Waals surface area contributed by atoms with E-state index in [-0.39, 0.29) is 25.7 Å². The second-order valence-corrected chi connectivity index (χ2v) is 29.0. The third-order valence-corrected chi connectivity index (χ3v) is 17.2. The summed E-state index contributed by atoms with van der Waals surface area (Å²) in [6, 6.07) is 0. The van der Waals surface area contributed by atoms with Crippen molar-refractivity contribution in [3.8, 4) is 0 Å². The van der Waals surface area contributed by atoms with Gasteiger partial charge in [0, 0.05) is 25.7 Å². The summed E-state index contributed by atoms with van der Waals surface area (Å²) in [5, 5.41) is 10.5. The van der Waals surface area contributed by atoms with E-state index in [1.54, 1.807) is 0 Å². The number of unbranched alkanes of at least 4 members (excludes halogenated alkanes) is 30. The van der Waals surface area contributed by atoms with Gasteiger partial charge in [0.05, 0.1) is 26.4 Å². The molecule has 0 aliphatic rings. The maximum absolute atomic E-state index is 13.0. The fraction of sp³-hybridized carbons (Fsp3) is 0.940. The minimum Gasteiger partial charge on any atom is -0.462 e. The van der Waals surface area contributed by atoms with Gasteiger partial charge < -0.3 is 33.8 Å². The smallest absolute Gasteiger partial charge is 0.462 e. The van der Waals surface area contributed by atoms with Crippen LogP contribution < -0.4 is 0 Å². The highest BCUT2D eigenvalue weighted by Crippen LogP contribution is 2.45. The van der Waals surface area contributed by atoms with Crippen molar-refractivity contribution in [1.82, 2.24) is 0 Å². The first kappa shape index (κ1) is 84.1. The minimum atomic E-state index is -4.95. The van der Waals surface area contributed by atoms with E-state index in [2.05, 4.69) is 55.4 Å². The van der Waals surface area contributed by atoms with Crippen molar-refractivity contribution in [3.05, 3.63) is 0 Å². The van der Waals surface area contributed by atoms with E-state index in [0.717, 1.165) is 109 Å². The number of aliphatic hydroxyl groups excluding tert-OH is 1. The Labute approximate surface area is 524 Å². The summed E-state index contributed by atoms with van der Waals surface area (Å²) >= 11 is 0. The largest absolute Gasteiger partial charge is 0.472 e. The van der Waals surface area contributed by atoms with Crippen LogP contribution in [-0.2, 0) is 65.4 Å². The molecule has 0 spiro atoms. The highest BCUT2D eigenvalue weighted by molar-refractivity contribution is 7.47. The predicted octanol–water partition coefficient (Wildman–Crippen LogP) is 18.5. The summed E-state index contributed by atoms with van der Waals surface area (Å²) in [5.74, 6) is 0.717. The molecule has 0 rings (SSSR count). The van der Waals surface area contributed by atoms with Gasteiger partial charge in [-0.3, -0.25) is 37.3 Å². The Balaban J connectivity index is 5.18. The molecular formula is C67H130O17P2. The molecule has 0 fully saturated rings. The monoisotopic (exact) mass is 1270 g/mol. The van der Waals surface area contributed by atoms with Gasteiger partial charge in [0.2, 0.25) is 0 Å². The van der Waals surface area contributed by atoms with Gasteiger partial charge in [0.1, 0.15) is 19.3 Å². The zero-order chi connectivity index (χ0) is 63.9. The van der Waals surface area contributed by atoms with Gasteiger partial charge in [-0.2, -0.15) is 0 Å². The van der Waals surface area contributed by atoms with Crippen molar-refractivity contribution in [2.75, 3.05) is 39.6 Å². The van der Waals surface area contributed by atoms with Crippen LogP contribution in [0.4, 0.5) is 0 Å². The van der Waals surface area contributed by atoms with Crippen LogP contribution in [0.1, 0.15) is 325 Å². The van der Waals surface area contributed by atoms with Gasteiger partial charge in [-0.05, 0) is 49.4 Å². The summed E-state index contributed by atoms with van der Waals surface area (Å²) in [6.45, 7) is 13.9. The zero-order valence-corrected chi connectivity index (χ0v) is 57.7. The van der Waals surface area contributed by atoms with E-state index in [1.807, 2.05) is 0 Å². The average molecular weight is 1270 g/mol. The molecule has 17 nitrogen and oxygen atoms in total. The van der Waals surface area contributed by atoms with Crippen molar-refractivity contribution < 1.29 is 80.2 Å². The van der Waals surface area contributed by atoms with Crippen molar-refractivity contribution in [2.45, 2.75) is 343 Å². The normalized spacial score (nSPS) is 14.4. The lowest BCUT2D eigenvalue weighted by atomic mass is 10.0. The summed E-state index contributed by atoms with van der Waals surface area (Å²) in [6.07, 6.45) is 38.0. The second-order valence-electron chi connectivity index (χ2n) is 26.1. The van der Waals surface area contributed by atoms with Crippen LogP contribution in [0.15, 0.2) is 0 Å². The Morgan fingerprint density at radius 2 is 0.488 bits per heavy atom. The second kappa shape index (κ2) is 57.0. The van der Waals surface area contributed by atoms with Crippen LogP contribution in [0.3, 0.4) is 0 Å². The van der Waals surface area contributed by atoms with Gasteiger partial charge in [-0.15, -0.1) is 0 Å². The van der Waals surface area contributed by atoms with Crippen LogP contribution >= 0.6 is 15.6 Å². The van der Waals surface area contributed by atoms with Gasteiger partial charge in [0.25, 0.3) is 0 Å². The Morgan fingerprint density at radius 3 is 0.721 bits per heavy atom. The maximum atomic E-state index is 13.0. The molecule has 0 aromatic heterocycles. The van der Waals surface area contributed by atoms with Crippen LogP contribution in [0.2, 0.25) is 0 Å². The molecule has 0 bridgehead atoms. The van der Waals surface area contributed by atoms with Gasteiger partial charge in [0.15, 0.2) is 12.2 Å². The number of hydrogen-bond acceptors (Lipinski definition) is 15. The number of phosphoric acid groups is 2. The van der Waals surface area contributed by atoms with Crippen molar-refractivity contribution >= 4 is 39.5 Å². The summed E-state index contributed by atoms with van der Waals surface area (Å²) in [7, 11) is -9.89. The molecule has 0 aliphatic carbocycles. The molecule has 0 heterocycles. The fourth-order valence-corrected chi connectivity index (χ4v) is 11.5. The van der Waals surface area contributed by atoms with Crippen LogP contribution in [0.25, 0.3) is 0 Å². The third kappa shape index (κ3) is 60.9. The molecule has 0 amide bonds. The number of phosphoric ester groups is 2. The molecule has 86 heavy (non-hydrogen) atoms. The van der Waals surface area contributed by atoms with Crippen molar-refractivity contribution in [2.24, 2.45) is 23.7 Å².